The first-order valence-corrected chi connectivity index (χ1v) is 10.7. The van der Waals surface area contributed by atoms with Crippen LogP contribution in [-0.4, -0.2) is 47.6 Å². The van der Waals surface area contributed by atoms with E-state index in [1.165, 1.54) is 11.8 Å². The lowest BCUT2D eigenvalue weighted by atomic mass is 10.3. The van der Waals surface area contributed by atoms with Crippen molar-refractivity contribution in [3.05, 3.63) is 60.1 Å². The Kier molecular flexibility index (Phi) is 6.63. The van der Waals surface area contributed by atoms with Gasteiger partial charge in [0.1, 0.15) is 12.3 Å². The zero-order valence-corrected chi connectivity index (χ0v) is 18.0. The van der Waals surface area contributed by atoms with Gasteiger partial charge in [-0.3, -0.25) is 9.80 Å². The minimum absolute atomic E-state index is 0.132. The van der Waals surface area contributed by atoms with Crippen molar-refractivity contribution in [3.8, 4) is 17.2 Å². The molecule has 1 N–H and O–H groups in total. The number of hydrogen-bond donors (Lipinski definition) is 1. The topological polar surface area (TPSA) is 84.8 Å². The first kappa shape index (κ1) is 21.1. The Labute approximate surface area is 188 Å². The highest BCUT2D eigenvalue weighted by atomic mass is 35.5. The smallest absolute Gasteiger partial charge is 0.234 e. The molecule has 0 spiro atoms. The second-order valence-corrected chi connectivity index (χ2v) is 7.86. The van der Waals surface area contributed by atoms with E-state index in [9.17, 15) is 4.79 Å². The minimum Gasteiger partial charge on any atom is -0.454 e. The number of ether oxygens (including phenoxy) is 3. The number of fused-ring (bicyclic) bond motifs is 1. The Hall–Kier alpha value is -3.17. The molecule has 2 heterocycles. The van der Waals surface area contributed by atoms with Gasteiger partial charge in [0.2, 0.25) is 23.8 Å². The van der Waals surface area contributed by atoms with Gasteiger partial charge in [0.05, 0.1) is 12.3 Å². The molecule has 0 aromatic heterocycles. The molecule has 0 saturated heterocycles. The number of benzene rings is 2. The molecule has 2 aromatic carbocycles. The summed E-state index contributed by atoms with van der Waals surface area (Å²) in [4.78, 5) is 16.8. The van der Waals surface area contributed by atoms with Gasteiger partial charge in [0.25, 0.3) is 0 Å². The van der Waals surface area contributed by atoms with E-state index >= 15 is 0 Å². The van der Waals surface area contributed by atoms with Crippen LogP contribution in [0.4, 0.5) is 5.69 Å². The third-order valence-electron chi connectivity index (χ3n) is 4.14. The van der Waals surface area contributed by atoms with E-state index in [4.69, 9.17) is 25.8 Å². The maximum absolute atomic E-state index is 12.4. The quantitative estimate of drug-likeness (QED) is 0.659. The predicted octanol–water partition coefficient (Wildman–Crippen LogP) is 3.99. The standard InChI is InChI=1S/C21H19ClN4O4S/c1-2-9-26-11-20(30-16-6-3-14(22)4-7-16)24-21(25-26)31-12-19(27)23-15-5-8-17-18(10-15)29-13-28-17/h2-8,10H,1,9,11-13H2,(H,23,27). The van der Waals surface area contributed by atoms with Crippen molar-refractivity contribution in [3.63, 3.8) is 0 Å². The molecule has 0 aliphatic carbocycles. The van der Waals surface area contributed by atoms with E-state index in [1.54, 1.807) is 53.5 Å². The summed E-state index contributed by atoms with van der Waals surface area (Å²) in [6.07, 6.45) is 1.74. The Morgan fingerprint density at radius 2 is 2.06 bits per heavy atom. The number of aliphatic imine (C=N–C) groups is 1. The highest BCUT2D eigenvalue weighted by Gasteiger charge is 2.19. The van der Waals surface area contributed by atoms with Crippen LogP contribution in [0.2, 0.25) is 5.02 Å². The van der Waals surface area contributed by atoms with E-state index in [0.29, 0.717) is 52.1 Å². The number of carbonyl (C=O) groups excluding carboxylic acids is 1. The van der Waals surface area contributed by atoms with Crippen molar-refractivity contribution in [2.45, 2.75) is 0 Å². The first-order valence-electron chi connectivity index (χ1n) is 9.37. The van der Waals surface area contributed by atoms with Crippen LogP contribution < -0.4 is 19.5 Å². The number of anilines is 1. The molecule has 10 heteroatoms. The first-order chi connectivity index (χ1) is 15.1. The van der Waals surface area contributed by atoms with Gasteiger partial charge >= 0.3 is 0 Å². The Morgan fingerprint density at radius 3 is 2.87 bits per heavy atom. The third kappa shape index (κ3) is 5.71. The van der Waals surface area contributed by atoms with Gasteiger partial charge in [-0.05, 0) is 36.4 Å². The fourth-order valence-corrected chi connectivity index (χ4v) is 3.59. The van der Waals surface area contributed by atoms with Gasteiger partial charge in [0.15, 0.2) is 11.5 Å². The summed E-state index contributed by atoms with van der Waals surface area (Å²) in [6, 6.07) is 12.3. The number of carbonyl (C=O) groups is 1. The summed E-state index contributed by atoms with van der Waals surface area (Å²) in [7, 11) is 0. The molecule has 2 aliphatic rings. The zero-order valence-electron chi connectivity index (χ0n) is 16.4. The SMILES string of the molecule is C=CCN1CC(Oc2ccc(Cl)cc2)=NC(SCC(=O)Nc2ccc3c(c2)OCO3)=N1. The molecule has 0 fully saturated rings. The van der Waals surface area contributed by atoms with Crippen molar-refractivity contribution in [2.75, 3.05) is 31.0 Å². The van der Waals surface area contributed by atoms with Crippen LogP contribution in [0.15, 0.2) is 65.2 Å². The van der Waals surface area contributed by atoms with Crippen LogP contribution in [0, 0.1) is 0 Å². The van der Waals surface area contributed by atoms with Crippen molar-refractivity contribution >= 4 is 46.0 Å². The van der Waals surface area contributed by atoms with E-state index in [2.05, 4.69) is 22.0 Å². The molecular formula is C21H19ClN4O4S. The maximum atomic E-state index is 12.4. The summed E-state index contributed by atoms with van der Waals surface area (Å²) >= 11 is 7.13. The lowest BCUT2D eigenvalue weighted by Gasteiger charge is -2.23. The fraction of sp³-hybridized carbons (Fsp3) is 0.190. The third-order valence-corrected chi connectivity index (χ3v) is 5.23. The second kappa shape index (κ2) is 9.76. The normalized spacial score (nSPS) is 14.5. The second-order valence-electron chi connectivity index (χ2n) is 6.48. The van der Waals surface area contributed by atoms with Crippen molar-refractivity contribution in [2.24, 2.45) is 10.1 Å². The molecule has 0 unspecified atom stereocenters. The molecule has 4 rings (SSSR count). The van der Waals surface area contributed by atoms with Crippen LogP contribution in [0.25, 0.3) is 0 Å². The highest BCUT2D eigenvalue weighted by molar-refractivity contribution is 8.14. The molecule has 2 aliphatic heterocycles. The monoisotopic (exact) mass is 458 g/mol. The van der Waals surface area contributed by atoms with Gasteiger partial charge in [-0.2, -0.15) is 4.99 Å². The Bertz CT molecular complexity index is 1040. The number of nitrogens with zero attached hydrogens (tertiary/aromatic N) is 3. The van der Waals surface area contributed by atoms with Crippen molar-refractivity contribution < 1.29 is 19.0 Å². The highest BCUT2D eigenvalue weighted by Crippen LogP contribution is 2.34. The Balaban J connectivity index is 1.37. The number of thioether (sulfide) groups is 1. The van der Waals surface area contributed by atoms with Crippen LogP contribution in [-0.2, 0) is 4.79 Å². The van der Waals surface area contributed by atoms with Gasteiger partial charge < -0.3 is 19.5 Å². The molecule has 0 radical (unpaired) electrons. The lowest BCUT2D eigenvalue weighted by Crippen LogP contribution is -2.33. The van der Waals surface area contributed by atoms with E-state index < -0.39 is 0 Å². The summed E-state index contributed by atoms with van der Waals surface area (Å²) in [5, 5.41) is 10.1. The van der Waals surface area contributed by atoms with Crippen molar-refractivity contribution in [1.29, 1.82) is 0 Å². The zero-order chi connectivity index (χ0) is 21.6. The van der Waals surface area contributed by atoms with Crippen LogP contribution in [0.1, 0.15) is 0 Å². The number of halogens is 1. The average Bonchev–Trinajstić information content (AvgIpc) is 3.22. The van der Waals surface area contributed by atoms with Crippen LogP contribution in [0.3, 0.4) is 0 Å². The molecular weight excluding hydrogens is 440 g/mol. The van der Waals surface area contributed by atoms with Crippen molar-refractivity contribution in [1.82, 2.24) is 5.01 Å². The molecule has 0 saturated carbocycles. The number of hydrogen-bond acceptors (Lipinski definition) is 8. The summed E-state index contributed by atoms with van der Waals surface area (Å²) in [5.74, 6) is 2.30. The summed E-state index contributed by atoms with van der Waals surface area (Å²) in [5.41, 5.74) is 0.629. The summed E-state index contributed by atoms with van der Waals surface area (Å²) < 4.78 is 16.5. The molecule has 1 amide bonds. The average molecular weight is 459 g/mol. The number of rotatable bonds is 6. The fourth-order valence-electron chi connectivity index (χ4n) is 2.79. The lowest BCUT2D eigenvalue weighted by molar-refractivity contribution is -0.113. The van der Waals surface area contributed by atoms with Gasteiger partial charge in [-0.25, -0.2) is 0 Å². The van der Waals surface area contributed by atoms with Gasteiger partial charge in [-0.15, -0.1) is 11.7 Å². The molecule has 0 bridgehead atoms. The molecule has 2 aromatic rings. The summed E-state index contributed by atoms with van der Waals surface area (Å²) in [6.45, 7) is 4.85. The van der Waals surface area contributed by atoms with Crippen LogP contribution >= 0.6 is 23.4 Å². The van der Waals surface area contributed by atoms with E-state index in [1.807, 2.05) is 0 Å². The number of amides is 1. The van der Waals surface area contributed by atoms with Gasteiger partial charge in [0, 0.05) is 16.8 Å². The molecule has 31 heavy (non-hydrogen) atoms. The predicted molar refractivity (Wildman–Crippen MR) is 122 cm³/mol. The molecule has 0 atom stereocenters. The van der Waals surface area contributed by atoms with Gasteiger partial charge in [-0.1, -0.05) is 29.4 Å². The number of amidine groups is 1. The van der Waals surface area contributed by atoms with E-state index in [-0.39, 0.29) is 18.5 Å². The Morgan fingerprint density at radius 1 is 1.26 bits per heavy atom. The maximum Gasteiger partial charge on any atom is 0.234 e. The number of hydrazone groups is 1. The minimum atomic E-state index is -0.192. The number of nitrogens with one attached hydrogen (secondary N) is 1. The molecule has 160 valence electrons. The van der Waals surface area contributed by atoms with E-state index in [0.717, 1.165) is 0 Å². The molecule has 8 nitrogen and oxygen atoms in total. The largest absolute Gasteiger partial charge is 0.454 e. The van der Waals surface area contributed by atoms with Crippen LogP contribution in [0.5, 0.6) is 17.2 Å².